The number of rotatable bonds is 8. The Morgan fingerprint density at radius 3 is 2.58 bits per heavy atom. The molecule has 0 spiro atoms. The normalized spacial score (nSPS) is 19.0. The Hall–Kier alpha value is -3.47. The first-order valence-electron chi connectivity index (χ1n) is 11.7. The van der Waals surface area contributed by atoms with Crippen molar-refractivity contribution >= 4 is 21.3 Å². The summed E-state index contributed by atoms with van der Waals surface area (Å²) in [5.74, 6) is 1.13. The van der Waals surface area contributed by atoms with Crippen LogP contribution in [0.15, 0.2) is 59.0 Å². The van der Waals surface area contributed by atoms with Crippen molar-refractivity contribution in [3.63, 3.8) is 0 Å². The topological polar surface area (TPSA) is 121 Å². The second-order valence-corrected chi connectivity index (χ2v) is 11.3. The van der Waals surface area contributed by atoms with E-state index in [0.717, 1.165) is 38.0 Å². The molecule has 0 radical (unpaired) electrons. The second kappa shape index (κ2) is 10.3. The number of nitrogens with zero attached hydrogens (tertiary/aromatic N) is 4. The van der Waals surface area contributed by atoms with E-state index >= 15 is 0 Å². The number of benzene rings is 1. The first-order valence-corrected chi connectivity index (χ1v) is 13.6. The molecule has 0 bridgehead atoms. The molecule has 1 aliphatic rings. The lowest BCUT2D eigenvalue weighted by atomic mass is 9.86. The average Bonchev–Trinajstić information content (AvgIpc) is 3.27. The summed E-state index contributed by atoms with van der Waals surface area (Å²) in [5.41, 5.74) is 6.89. The molecule has 1 aliphatic carbocycles. The molecule has 0 aliphatic heterocycles. The van der Waals surface area contributed by atoms with Crippen LogP contribution in [0.5, 0.6) is 5.88 Å². The predicted molar refractivity (Wildman–Crippen MR) is 135 cm³/mol. The Bertz CT molecular complexity index is 1410. The lowest BCUT2D eigenvalue weighted by molar-refractivity contribution is 0.104. The van der Waals surface area contributed by atoms with E-state index in [9.17, 15) is 12.8 Å². The number of hydrogen-bond donors (Lipinski definition) is 1. The van der Waals surface area contributed by atoms with Crippen molar-refractivity contribution in [3.05, 3.63) is 54.8 Å². The summed E-state index contributed by atoms with van der Waals surface area (Å²) < 4.78 is 46.0. The van der Waals surface area contributed by atoms with E-state index in [0.29, 0.717) is 28.7 Å². The summed E-state index contributed by atoms with van der Waals surface area (Å²) in [6.07, 6.45) is 7.31. The standard InChI is InChI=1S/C25H30FN5O4S/c1-15(2)24(27)30-35-16(3)17-5-7-18(8-6-17)34-23-11-12-28-25-21(14-29-31(23)25)20-10-9-19(13-22(20)26)36(4,32)33/h9-15,17-18H,3,5-8H2,1-2,4H3,(H2,27,30). The Morgan fingerprint density at radius 1 is 1.22 bits per heavy atom. The molecule has 192 valence electrons. The SMILES string of the molecule is C=C(O/N=C(\N)C(C)C)C1CCC(Oc2ccnc3c(-c4ccc(S(C)(=O)=O)cc4F)cnn23)CC1. The van der Waals surface area contributed by atoms with E-state index < -0.39 is 15.7 Å². The van der Waals surface area contributed by atoms with Crippen molar-refractivity contribution in [2.45, 2.75) is 50.5 Å². The largest absolute Gasteiger partial charge is 0.474 e. The van der Waals surface area contributed by atoms with Gasteiger partial charge in [-0.1, -0.05) is 25.6 Å². The van der Waals surface area contributed by atoms with E-state index in [4.69, 9.17) is 15.3 Å². The van der Waals surface area contributed by atoms with Crippen LogP contribution in [-0.4, -0.2) is 41.2 Å². The number of allylic oxidation sites excluding steroid dienone is 1. The molecule has 0 atom stereocenters. The van der Waals surface area contributed by atoms with Gasteiger partial charge in [0.2, 0.25) is 5.88 Å². The second-order valence-electron chi connectivity index (χ2n) is 9.31. The van der Waals surface area contributed by atoms with Crippen LogP contribution in [0, 0.1) is 17.7 Å². The molecule has 1 fully saturated rings. The van der Waals surface area contributed by atoms with Gasteiger partial charge in [0.1, 0.15) is 23.5 Å². The van der Waals surface area contributed by atoms with E-state index in [1.165, 1.54) is 22.8 Å². The summed E-state index contributed by atoms with van der Waals surface area (Å²) in [7, 11) is -3.52. The molecule has 36 heavy (non-hydrogen) atoms. The quantitative estimate of drug-likeness (QED) is 0.205. The maximum Gasteiger partial charge on any atom is 0.218 e. The fourth-order valence-electron chi connectivity index (χ4n) is 4.06. The minimum atomic E-state index is -3.52. The lowest BCUT2D eigenvalue weighted by Crippen LogP contribution is -2.26. The fourth-order valence-corrected chi connectivity index (χ4v) is 4.69. The average molecular weight is 516 g/mol. The van der Waals surface area contributed by atoms with Crippen LogP contribution in [0.2, 0.25) is 0 Å². The number of ether oxygens (including phenoxy) is 1. The lowest BCUT2D eigenvalue weighted by Gasteiger charge is -2.28. The number of nitrogens with two attached hydrogens (primary N) is 1. The third-order valence-corrected chi connectivity index (χ3v) is 7.41. The molecule has 0 saturated heterocycles. The van der Waals surface area contributed by atoms with Gasteiger partial charge in [-0.05, 0) is 43.9 Å². The summed E-state index contributed by atoms with van der Waals surface area (Å²) in [6.45, 7) is 7.89. The molecule has 1 saturated carbocycles. The molecule has 9 nitrogen and oxygen atoms in total. The highest BCUT2D eigenvalue weighted by Crippen LogP contribution is 2.33. The van der Waals surface area contributed by atoms with E-state index in [1.54, 1.807) is 12.3 Å². The smallest absolute Gasteiger partial charge is 0.218 e. The molecular formula is C25H30FN5O4S. The van der Waals surface area contributed by atoms with Crippen LogP contribution in [0.3, 0.4) is 0 Å². The molecule has 2 aromatic heterocycles. The van der Waals surface area contributed by atoms with Gasteiger partial charge in [-0.3, -0.25) is 0 Å². The van der Waals surface area contributed by atoms with Crippen LogP contribution >= 0.6 is 0 Å². The van der Waals surface area contributed by atoms with Gasteiger partial charge in [-0.25, -0.2) is 17.8 Å². The molecule has 2 heterocycles. The molecule has 0 unspecified atom stereocenters. The van der Waals surface area contributed by atoms with Gasteiger partial charge in [-0.15, -0.1) is 0 Å². The molecule has 11 heteroatoms. The third-order valence-electron chi connectivity index (χ3n) is 6.30. The van der Waals surface area contributed by atoms with E-state index in [2.05, 4.69) is 21.8 Å². The maximum absolute atomic E-state index is 14.8. The number of amidine groups is 1. The van der Waals surface area contributed by atoms with Gasteiger partial charge in [-0.2, -0.15) is 9.61 Å². The van der Waals surface area contributed by atoms with Crippen LogP contribution in [-0.2, 0) is 14.7 Å². The van der Waals surface area contributed by atoms with Crippen molar-refractivity contribution in [1.82, 2.24) is 14.6 Å². The minimum absolute atomic E-state index is 0.0395. The highest BCUT2D eigenvalue weighted by atomic mass is 32.2. The van der Waals surface area contributed by atoms with E-state index in [1.807, 2.05) is 13.8 Å². The number of sulfone groups is 1. The van der Waals surface area contributed by atoms with Gasteiger partial charge in [0.25, 0.3) is 0 Å². The molecule has 1 aromatic carbocycles. The van der Waals surface area contributed by atoms with Gasteiger partial charge in [0.05, 0.1) is 11.1 Å². The fraction of sp³-hybridized carbons (Fsp3) is 0.400. The number of halogens is 1. The molecule has 2 N–H and O–H groups in total. The van der Waals surface area contributed by atoms with Crippen molar-refractivity contribution in [3.8, 4) is 17.0 Å². The Morgan fingerprint density at radius 2 is 1.94 bits per heavy atom. The highest BCUT2D eigenvalue weighted by molar-refractivity contribution is 7.90. The third kappa shape index (κ3) is 5.51. The number of hydrogen-bond acceptors (Lipinski definition) is 7. The zero-order chi connectivity index (χ0) is 26.0. The van der Waals surface area contributed by atoms with Crippen LogP contribution in [0.1, 0.15) is 39.5 Å². The van der Waals surface area contributed by atoms with Gasteiger partial charge >= 0.3 is 0 Å². The minimum Gasteiger partial charge on any atom is -0.474 e. The monoisotopic (exact) mass is 515 g/mol. The molecular weight excluding hydrogens is 485 g/mol. The highest BCUT2D eigenvalue weighted by Gasteiger charge is 2.27. The summed E-state index contributed by atoms with van der Waals surface area (Å²) in [5, 5.41) is 8.31. The Balaban J connectivity index is 1.46. The van der Waals surface area contributed by atoms with Crippen LogP contribution in [0.25, 0.3) is 16.8 Å². The summed E-state index contributed by atoms with van der Waals surface area (Å²) in [6, 6.07) is 5.51. The maximum atomic E-state index is 14.8. The molecule has 0 amide bonds. The van der Waals surface area contributed by atoms with Crippen molar-refractivity contribution in [2.24, 2.45) is 22.7 Å². The number of fused-ring (bicyclic) bond motifs is 1. The van der Waals surface area contributed by atoms with Crippen molar-refractivity contribution in [1.29, 1.82) is 0 Å². The molecule has 4 rings (SSSR count). The summed E-state index contributed by atoms with van der Waals surface area (Å²) >= 11 is 0. The summed E-state index contributed by atoms with van der Waals surface area (Å²) in [4.78, 5) is 9.70. The van der Waals surface area contributed by atoms with Gasteiger partial charge in [0, 0.05) is 41.5 Å². The molecule has 3 aromatic rings. The van der Waals surface area contributed by atoms with Gasteiger partial charge < -0.3 is 15.3 Å². The zero-order valence-electron chi connectivity index (χ0n) is 20.5. The number of aromatic nitrogens is 3. The zero-order valence-corrected chi connectivity index (χ0v) is 21.3. The first-order chi connectivity index (χ1) is 17.0. The Kier molecular flexibility index (Phi) is 7.30. The first kappa shape index (κ1) is 25.6. The van der Waals surface area contributed by atoms with Gasteiger partial charge in [0.15, 0.2) is 15.5 Å². The van der Waals surface area contributed by atoms with Crippen LogP contribution < -0.4 is 10.5 Å². The Labute approximate surface area is 209 Å². The predicted octanol–water partition coefficient (Wildman–Crippen LogP) is 4.34. The van der Waals surface area contributed by atoms with E-state index in [-0.39, 0.29) is 28.4 Å². The van der Waals surface area contributed by atoms with Crippen LogP contribution in [0.4, 0.5) is 4.39 Å². The van der Waals surface area contributed by atoms with Crippen molar-refractivity contribution < 1.29 is 22.4 Å². The van der Waals surface area contributed by atoms with Crippen molar-refractivity contribution in [2.75, 3.05) is 6.26 Å². The number of oxime groups is 1.